The summed E-state index contributed by atoms with van der Waals surface area (Å²) in [5.74, 6) is 4.82. The molecule has 0 radical (unpaired) electrons. The Bertz CT molecular complexity index is 970. The zero-order valence-electron chi connectivity index (χ0n) is 23.2. The van der Waals surface area contributed by atoms with Crippen LogP contribution in [0.4, 0.5) is 0 Å². The maximum Gasteiger partial charge on any atom is 0.242 e. The molecule has 7 heteroatoms. The fourth-order valence-corrected chi connectivity index (χ4v) is 9.09. The Hall–Kier alpha value is -1.06. The molecule has 2 fully saturated rings. The van der Waals surface area contributed by atoms with Crippen molar-refractivity contribution in [2.75, 3.05) is 0 Å². The van der Waals surface area contributed by atoms with E-state index in [1.54, 1.807) is 0 Å². The third-order valence-electron chi connectivity index (χ3n) is 7.85. The summed E-state index contributed by atoms with van der Waals surface area (Å²) in [6.07, 6.45) is 6.09. The second-order valence-electron chi connectivity index (χ2n) is 14.1. The number of benzene rings is 1. The molecule has 4 nitrogen and oxygen atoms in total. The van der Waals surface area contributed by atoms with Gasteiger partial charge in [-0.3, -0.25) is 4.79 Å². The molecular weight excluding hydrogens is 473 g/mol. The molecule has 0 aromatic heterocycles. The van der Waals surface area contributed by atoms with Crippen LogP contribution in [0.5, 0.6) is 17.2 Å². The van der Waals surface area contributed by atoms with Gasteiger partial charge in [-0.25, -0.2) is 0 Å². The van der Waals surface area contributed by atoms with Crippen LogP contribution in [0.2, 0.25) is 58.9 Å². The maximum atomic E-state index is 12.8. The van der Waals surface area contributed by atoms with E-state index in [1.165, 1.54) is 11.1 Å². The van der Waals surface area contributed by atoms with Gasteiger partial charge in [-0.2, -0.15) is 0 Å². The van der Waals surface area contributed by atoms with Crippen molar-refractivity contribution in [1.29, 1.82) is 0 Å². The van der Waals surface area contributed by atoms with E-state index in [2.05, 4.69) is 71.9 Å². The number of hydrogen-bond donors (Lipinski definition) is 0. The van der Waals surface area contributed by atoms with Crippen molar-refractivity contribution >= 4 is 30.7 Å². The molecule has 1 aromatic rings. The first-order chi connectivity index (χ1) is 15.5. The van der Waals surface area contributed by atoms with Crippen LogP contribution < -0.4 is 13.3 Å². The molecule has 0 amide bonds. The number of carbonyl (C=O) groups excluding carboxylic acids is 1. The zero-order chi connectivity index (χ0) is 25.3. The summed E-state index contributed by atoms with van der Waals surface area (Å²) in [4.78, 5) is 12.8. The molecule has 4 rings (SSSR count). The second kappa shape index (κ2) is 8.51. The fourth-order valence-electron chi connectivity index (χ4n) is 6.64. The van der Waals surface area contributed by atoms with Gasteiger partial charge in [0.2, 0.25) is 25.0 Å². The van der Waals surface area contributed by atoms with Crippen LogP contribution in [0.25, 0.3) is 0 Å². The first-order valence-corrected chi connectivity index (χ1v) is 23.5. The minimum absolute atomic E-state index is 0.102. The topological polar surface area (TPSA) is 44.8 Å². The van der Waals surface area contributed by atoms with Gasteiger partial charge >= 0.3 is 0 Å². The van der Waals surface area contributed by atoms with Crippen LogP contribution in [0.15, 0.2) is 6.07 Å². The highest BCUT2D eigenvalue weighted by molar-refractivity contribution is 6.71. The van der Waals surface area contributed by atoms with Gasteiger partial charge in [-0.05, 0) is 120 Å². The summed E-state index contributed by atoms with van der Waals surface area (Å²) < 4.78 is 20.3. The molecule has 190 valence electrons. The lowest BCUT2D eigenvalue weighted by atomic mass is 9.55. The molecule has 3 aliphatic carbocycles. The Balaban J connectivity index is 1.87. The molecule has 0 N–H and O–H groups in total. The third kappa shape index (κ3) is 5.07. The minimum Gasteiger partial charge on any atom is -0.542 e. The van der Waals surface area contributed by atoms with Gasteiger partial charge < -0.3 is 13.3 Å². The van der Waals surface area contributed by atoms with Crippen LogP contribution in [0.3, 0.4) is 0 Å². The summed E-state index contributed by atoms with van der Waals surface area (Å²) >= 11 is 0. The molecule has 3 aliphatic rings. The highest BCUT2D eigenvalue weighted by atomic mass is 28.4. The molecule has 2 saturated carbocycles. The Morgan fingerprint density at radius 2 is 1.38 bits per heavy atom. The number of Topliss-reactive ketones (excluding diaryl/α,β-unsaturated/α-hetero) is 1. The predicted octanol–water partition coefficient (Wildman–Crippen LogP) is 7.75. The van der Waals surface area contributed by atoms with Crippen molar-refractivity contribution in [1.82, 2.24) is 0 Å². The van der Waals surface area contributed by atoms with Gasteiger partial charge in [0.25, 0.3) is 0 Å². The van der Waals surface area contributed by atoms with Crippen molar-refractivity contribution in [3.05, 3.63) is 17.2 Å². The average molecular weight is 519 g/mol. The molecule has 4 unspecified atom stereocenters. The molecular formula is C27H46O4Si3. The monoisotopic (exact) mass is 518 g/mol. The van der Waals surface area contributed by atoms with Gasteiger partial charge in [-0.15, -0.1) is 0 Å². The Morgan fingerprint density at radius 3 is 1.97 bits per heavy atom. The lowest BCUT2D eigenvalue weighted by Gasteiger charge is -2.49. The van der Waals surface area contributed by atoms with E-state index in [1.807, 2.05) is 0 Å². The summed E-state index contributed by atoms with van der Waals surface area (Å²) in [6, 6.07) is 2.33. The van der Waals surface area contributed by atoms with Crippen molar-refractivity contribution in [3.8, 4) is 17.2 Å². The van der Waals surface area contributed by atoms with Crippen molar-refractivity contribution in [2.24, 2.45) is 17.3 Å². The highest BCUT2D eigenvalue weighted by Gasteiger charge is 2.55. The molecule has 1 aromatic carbocycles. The van der Waals surface area contributed by atoms with Crippen LogP contribution in [-0.2, 0) is 11.2 Å². The zero-order valence-corrected chi connectivity index (χ0v) is 26.2. The summed E-state index contributed by atoms with van der Waals surface area (Å²) in [5, 5.41) is 0. The van der Waals surface area contributed by atoms with E-state index in [9.17, 15) is 4.79 Å². The SMILES string of the molecule is CC12CCC3c4cc(O[Si](C)(C)C)c(O[Si](C)(C)C)c(O[Si](C)(C)C)c4CCC3C1CCC2=O. The number of rotatable bonds is 6. The van der Waals surface area contributed by atoms with Gasteiger partial charge in [-0.1, -0.05) is 6.92 Å². The number of hydrogen-bond acceptors (Lipinski definition) is 4. The van der Waals surface area contributed by atoms with Gasteiger partial charge in [0.15, 0.2) is 11.5 Å². The third-order valence-corrected chi connectivity index (χ3v) is 10.3. The standard InChI is InChI=1S/C27H46O4Si3/c1-27-16-15-18-19(22(27)13-14-24(27)28)11-12-20-21(18)17-23(29-32(2,3)4)26(31-34(8,9)10)25(20)30-33(5,6)7/h17-19,22H,11-16H2,1-10H3. The van der Waals surface area contributed by atoms with E-state index in [-0.39, 0.29) is 5.41 Å². The fraction of sp³-hybridized carbons (Fsp3) is 0.741. The molecule has 0 aliphatic heterocycles. The van der Waals surface area contributed by atoms with Gasteiger partial charge in [0, 0.05) is 17.4 Å². The van der Waals surface area contributed by atoms with Crippen LogP contribution >= 0.6 is 0 Å². The Kier molecular flexibility index (Phi) is 6.51. The lowest BCUT2D eigenvalue weighted by molar-refractivity contribution is -0.129. The molecule has 34 heavy (non-hydrogen) atoms. The number of carbonyl (C=O) groups is 1. The van der Waals surface area contributed by atoms with E-state index in [0.29, 0.717) is 23.5 Å². The lowest BCUT2D eigenvalue weighted by Crippen LogP contribution is -2.43. The largest absolute Gasteiger partial charge is 0.542 e. The molecule has 0 saturated heterocycles. The first-order valence-electron chi connectivity index (χ1n) is 13.3. The van der Waals surface area contributed by atoms with E-state index >= 15 is 0 Å². The number of fused-ring (bicyclic) bond motifs is 5. The van der Waals surface area contributed by atoms with E-state index in [0.717, 1.165) is 55.8 Å². The predicted molar refractivity (Wildman–Crippen MR) is 148 cm³/mol. The normalized spacial score (nSPS) is 29.2. The van der Waals surface area contributed by atoms with Crippen LogP contribution in [0, 0.1) is 17.3 Å². The van der Waals surface area contributed by atoms with Crippen LogP contribution in [0.1, 0.15) is 56.1 Å². The maximum absolute atomic E-state index is 12.8. The summed E-state index contributed by atoms with van der Waals surface area (Å²) in [6.45, 7) is 22.4. The minimum atomic E-state index is -1.89. The number of ketones is 1. The first kappa shape index (κ1) is 26.0. The Labute approximate surface area is 210 Å². The molecule has 0 spiro atoms. The molecule has 0 bridgehead atoms. The highest BCUT2D eigenvalue weighted by Crippen LogP contribution is 2.61. The van der Waals surface area contributed by atoms with Gasteiger partial charge in [0.05, 0.1) is 0 Å². The van der Waals surface area contributed by atoms with Crippen molar-refractivity contribution in [2.45, 2.75) is 110 Å². The van der Waals surface area contributed by atoms with Crippen molar-refractivity contribution in [3.63, 3.8) is 0 Å². The Morgan fingerprint density at radius 1 is 0.794 bits per heavy atom. The molecule has 4 atom stereocenters. The van der Waals surface area contributed by atoms with Crippen molar-refractivity contribution < 1.29 is 18.1 Å². The average Bonchev–Trinajstić information content (AvgIpc) is 2.96. The van der Waals surface area contributed by atoms with Gasteiger partial charge in [0.1, 0.15) is 11.5 Å². The van der Waals surface area contributed by atoms with E-state index < -0.39 is 25.0 Å². The van der Waals surface area contributed by atoms with E-state index in [4.69, 9.17) is 13.3 Å². The smallest absolute Gasteiger partial charge is 0.242 e. The second-order valence-corrected chi connectivity index (χ2v) is 27.4. The van der Waals surface area contributed by atoms with Crippen LogP contribution in [-0.4, -0.2) is 30.7 Å². The molecule has 0 heterocycles. The summed E-state index contributed by atoms with van der Waals surface area (Å²) in [5.41, 5.74) is 2.67. The summed E-state index contributed by atoms with van der Waals surface area (Å²) in [7, 11) is -5.65. The quantitative estimate of drug-likeness (QED) is 0.361.